The van der Waals surface area contributed by atoms with Crippen molar-refractivity contribution in [3.63, 3.8) is 0 Å². The summed E-state index contributed by atoms with van der Waals surface area (Å²) in [6.07, 6.45) is 0.184. The molecule has 2 aromatic rings. The van der Waals surface area contributed by atoms with Crippen molar-refractivity contribution in [2.75, 3.05) is 6.54 Å². The number of aromatic nitrogens is 2. The fraction of sp³-hybridized carbons (Fsp3) is 0.474. The Labute approximate surface area is 153 Å². The lowest BCUT2D eigenvalue weighted by molar-refractivity contribution is -0.145. The van der Waals surface area contributed by atoms with Crippen LogP contribution < -0.4 is 5.32 Å². The van der Waals surface area contributed by atoms with Crippen LogP contribution in [0.1, 0.15) is 45.0 Å². The maximum atomic E-state index is 11.9. The van der Waals surface area contributed by atoms with Gasteiger partial charge in [0.15, 0.2) is 0 Å². The van der Waals surface area contributed by atoms with E-state index < -0.39 is 11.7 Å². The van der Waals surface area contributed by atoms with E-state index in [0.29, 0.717) is 18.7 Å². The zero-order chi connectivity index (χ0) is 19.2. The molecule has 0 saturated heterocycles. The lowest BCUT2D eigenvalue weighted by Gasteiger charge is -2.19. The maximum Gasteiger partial charge on any atom is 0.407 e. The third kappa shape index (κ3) is 6.31. The summed E-state index contributed by atoms with van der Waals surface area (Å²) in [4.78, 5) is 32.3. The van der Waals surface area contributed by atoms with Gasteiger partial charge in [0.25, 0.3) is 0 Å². The molecule has 1 aromatic carbocycles. The fourth-order valence-electron chi connectivity index (χ4n) is 2.22. The van der Waals surface area contributed by atoms with Gasteiger partial charge in [-0.25, -0.2) is 14.8 Å². The number of nitrogens with zero attached hydrogens (tertiary/aromatic N) is 2. The number of ether oxygens (including phenoxy) is 2. The van der Waals surface area contributed by atoms with Gasteiger partial charge in [0, 0.05) is 13.0 Å². The average molecular weight is 359 g/mol. The minimum absolute atomic E-state index is 0.0853. The predicted molar refractivity (Wildman–Crippen MR) is 97.5 cm³/mol. The Morgan fingerprint density at radius 3 is 2.42 bits per heavy atom. The normalized spacial score (nSPS) is 11.2. The van der Waals surface area contributed by atoms with Crippen LogP contribution in [-0.2, 0) is 20.9 Å². The van der Waals surface area contributed by atoms with Crippen molar-refractivity contribution in [3.8, 4) is 0 Å². The summed E-state index contributed by atoms with van der Waals surface area (Å²) < 4.78 is 10.4. The SMILES string of the molecule is Cc1nc2ccccc2nc1COC(=O)CCCNC(=O)OC(C)(C)C. The van der Waals surface area contributed by atoms with Crippen LogP contribution in [0.25, 0.3) is 11.0 Å². The molecule has 0 unspecified atom stereocenters. The number of hydrogen-bond acceptors (Lipinski definition) is 6. The topological polar surface area (TPSA) is 90.4 Å². The van der Waals surface area contributed by atoms with Crippen LogP contribution in [0.3, 0.4) is 0 Å². The number of fused-ring (bicyclic) bond motifs is 1. The van der Waals surface area contributed by atoms with Crippen LogP contribution >= 0.6 is 0 Å². The quantitative estimate of drug-likeness (QED) is 0.629. The number of benzene rings is 1. The highest BCUT2D eigenvalue weighted by atomic mass is 16.6. The number of esters is 1. The van der Waals surface area contributed by atoms with Gasteiger partial charge in [0.1, 0.15) is 12.2 Å². The number of nitrogens with one attached hydrogen (secondary N) is 1. The number of hydrogen-bond donors (Lipinski definition) is 1. The van der Waals surface area contributed by atoms with E-state index in [1.807, 2.05) is 31.2 Å². The molecule has 1 N–H and O–H groups in total. The first kappa shape index (κ1) is 19.6. The summed E-state index contributed by atoms with van der Waals surface area (Å²) in [5.41, 5.74) is 2.42. The van der Waals surface area contributed by atoms with Gasteiger partial charge in [-0.15, -0.1) is 0 Å². The molecule has 1 aromatic heterocycles. The number of aryl methyl sites for hydroxylation is 1. The second-order valence-corrected chi connectivity index (χ2v) is 6.94. The van der Waals surface area contributed by atoms with Crippen molar-refractivity contribution in [3.05, 3.63) is 35.7 Å². The molecule has 1 amide bonds. The van der Waals surface area contributed by atoms with Gasteiger partial charge in [0.05, 0.1) is 22.4 Å². The Balaban J connectivity index is 1.74. The van der Waals surface area contributed by atoms with E-state index in [0.717, 1.165) is 16.7 Å². The molecular weight excluding hydrogens is 334 g/mol. The van der Waals surface area contributed by atoms with Crippen LogP contribution in [0, 0.1) is 6.92 Å². The van der Waals surface area contributed by atoms with E-state index in [2.05, 4.69) is 15.3 Å². The minimum Gasteiger partial charge on any atom is -0.459 e. The first-order valence-electron chi connectivity index (χ1n) is 8.59. The van der Waals surface area contributed by atoms with Crippen LogP contribution in [0.4, 0.5) is 4.79 Å². The Bertz CT molecular complexity index is 784. The summed E-state index contributed by atoms with van der Waals surface area (Å²) in [6.45, 7) is 7.65. The Hall–Kier alpha value is -2.70. The van der Waals surface area contributed by atoms with Crippen LogP contribution in [0.15, 0.2) is 24.3 Å². The highest BCUT2D eigenvalue weighted by Crippen LogP contribution is 2.13. The molecule has 0 aliphatic heterocycles. The van der Waals surface area contributed by atoms with Crippen molar-refractivity contribution in [1.29, 1.82) is 0 Å². The Kier molecular flexibility index (Phi) is 6.49. The molecule has 0 aliphatic carbocycles. The summed E-state index contributed by atoms with van der Waals surface area (Å²) in [6, 6.07) is 7.56. The molecule has 26 heavy (non-hydrogen) atoms. The van der Waals surface area contributed by atoms with E-state index in [4.69, 9.17) is 9.47 Å². The lowest BCUT2D eigenvalue weighted by atomic mass is 10.2. The predicted octanol–water partition coefficient (Wildman–Crippen LogP) is 3.29. The second kappa shape index (κ2) is 8.60. The van der Waals surface area contributed by atoms with Gasteiger partial charge in [-0.05, 0) is 46.2 Å². The fourth-order valence-corrected chi connectivity index (χ4v) is 2.22. The Morgan fingerprint density at radius 2 is 1.77 bits per heavy atom. The number of carbonyl (C=O) groups is 2. The lowest BCUT2D eigenvalue weighted by Crippen LogP contribution is -2.33. The van der Waals surface area contributed by atoms with Crippen LogP contribution in [0.5, 0.6) is 0 Å². The molecule has 0 atom stereocenters. The number of rotatable bonds is 6. The van der Waals surface area contributed by atoms with Crippen molar-refractivity contribution < 1.29 is 19.1 Å². The van der Waals surface area contributed by atoms with Gasteiger partial charge >= 0.3 is 12.1 Å². The summed E-state index contributed by atoms with van der Waals surface area (Å²) in [5, 5.41) is 2.61. The Morgan fingerprint density at radius 1 is 1.12 bits per heavy atom. The first-order valence-corrected chi connectivity index (χ1v) is 8.59. The molecule has 1 heterocycles. The average Bonchev–Trinajstić information content (AvgIpc) is 2.55. The zero-order valence-corrected chi connectivity index (χ0v) is 15.7. The highest BCUT2D eigenvalue weighted by molar-refractivity contribution is 5.74. The standard InChI is InChI=1S/C19H25N3O4/c1-13-16(22-15-9-6-5-8-14(15)21-13)12-25-17(23)10-7-11-20-18(24)26-19(2,3)4/h5-6,8-9H,7,10-12H2,1-4H3,(H,20,24). The summed E-state index contributed by atoms with van der Waals surface area (Å²) in [5.74, 6) is -0.342. The largest absolute Gasteiger partial charge is 0.459 e. The van der Waals surface area contributed by atoms with Crippen molar-refractivity contribution in [1.82, 2.24) is 15.3 Å². The molecule has 140 valence electrons. The molecule has 0 radical (unpaired) electrons. The number of para-hydroxylation sites is 2. The molecule has 0 fully saturated rings. The second-order valence-electron chi connectivity index (χ2n) is 6.94. The van der Waals surface area contributed by atoms with Crippen LogP contribution in [0.2, 0.25) is 0 Å². The van der Waals surface area contributed by atoms with Gasteiger partial charge in [-0.3, -0.25) is 4.79 Å². The van der Waals surface area contributed by atoms with E-state index in [-0.39, 0.29) is 19.0 Å². The van der Waals surface area contributed by atoms with Crippen molar-refractivity contribution >= 4 is 23.1 Å². The highest BCUT2D eigenvalue weighted by Gasteiger charge is 2.15. The molecule has 0 saturated carbocycles. The van der Waals surface area contributed by atoms with Gasteiger partial charge in [-0.1, -0.05) is 12.1 Å². The van der Waals surface area contributed by atoms with Crippen molar-refractivity contribution in [2.45, 2.75) is 52.7 Å². The smallest absolute Gasteiger partial charge is 0.407 e. The first-order chi connectivity index (χ1) is 12.2. The molecule has 0 spiro atoms. The molecule has 2 rings (SSSR count). The van der Waals surface area contributed by atoms with Crippen LogP contribution in [-0.4, -0.2) is 34.2 Å². The number of alkyl carbamates (subject to hydrolysis) is 1. The monoisotopic (exact) mass is 359 g/mol. The van der Waals surface area contributed by atoms with Gasteiger partial charge in [0.2, 0.25) is 0 Å². The van der Waals surface area contributed by atoms with Gasteiger partial charge < -0.3 is 14.8 Å². The third-order valence-electron chi connectivity index (χ3n) is 3.44. The number of carbonyl (C=O) groups excluding carboxylic acids is 2. The zero-order valence-electron chi connectivity index (χ0n) is 15.7. The maximum absolute atomic E-state index is 11.9. The summed E-state index contributed by atoms with van der Waals surface area (Å²) in [7, 11) is 0. The van der Waals surface area contributed by atoms with E-state index in [1.54, 1.807) is 20.8 Å². The van der Waals surface area contributed by atoms with Gasteiger partial charge in [-0.2, -0.15) is 0 Å². The molecular formula is C19H25N3O4. The van der Waals surface area contributed by atoms with E-state index in [9.17, 15) is 9.59 Å². The molecule has 7 nitrogen and oxygen atoms in total. The van der Waals surface area contributed by atoms with E-state index >= 15 is 0 Å². The summed E-state index contributed by atoms with van der Waals surface area (Å²) >= 11 is 0. The third-order valence-corrected chi connectivity index (χ3v) is 3.44. The minimum atomic E-state index is -0.540. The molecule has 7 heteroatoms. The molecule has 0 aliphatic rings. The molecule has 0 bridgehead atoms. The van der Waals surface area contributed by atoms with E-state index in [1.165, 1.54) is 0 Å². The number of amides is 1. The van der Waals surface area contributed by atoms with Crippen molar-refractivity contribution in [2.24, 2.45) is 0 Å².